The molecule has 30 heavy (non-hydrogen) atoms. The summed E-state index contributed by atoms with van der Waals surface area (Å²) in [6.07, 6.45) is -5.66. The van der Waals surface area contributed by atoms with Gasteiger partial charge in [0.2, 0.25) is 0 Å². The van der Waals surface area contributed by atoms with Crippen LogP contribution in [-0.2, 0) is 15.7 Å². The molecule has 7 nitrogen and oxygen atoms in total. The van der Waals surface area contributed by atoms with E-state index >= 15 is 0 Å². The molecule has 1 aromatic carbocycles. The van der Waals surface area contributed by atoms with Crippen LogP contribution in [0.25, 0.3) is 10.9 Å². The number of ether oxygens (including phenoxy) is 2. The Morgan fingerprint density at radius 3 is 2.47 bits per heavy atom. The minimum atomic E-state index is -4.91. The number of rotatable bonds is 2. The van der Waals surface area contributed by atoms with Crippen molar-refractivity contribution in [3.8, 4) is 5.75 Å². The average Bonchev–Trinajstić information content (AvgIpc) is 3.18. The van der Waals surface area contributed by atoms with Gasteiger partial charge in [-0.1, -0.05) is 0 Å². The number of alkyl halides is 4. The summed E-state index contributed by atoms with van der Waals surface area (Å²) in [5.41, 5.74) is -2.88. The number of phenolic OH excluding ortho intramolecular Hbond substituents is 1. The molecule has 1 atom stereocenters. The van der Waals surface area contributed by atoms with E-state index in [1.165, 1.54) is 4.90 Å². The lowest BCUT2D eigenvalue weighted by Gasteiger charge is -2.25. The minimum absolute atomic E-state index is 0.0133. The fourth-order valence-electron chi connectivity index (χ4n) is 3.55. The van der Waals surface area contributed by atoms with Crippen LogP contribution in [0.5, 0.6) is 5.75 Å². The largest absolute Gasteiger partial charge is 0.506 e. The van der Waals surface area contributed by atoms with Gasteiger partial charge in [-0.2, -0.15) is 13.2 Å². The summed E-state index contributed by atoms with van der Waals surface area (Å²) in [5, 5.41) is 10.2. The molecule has 1 amide bonds. The van der Waals surface area contributed by atoms with Gasteiger partial charge in [-0.3, -0.25) is 4.90 Å². The Morgan fingerprint density at radius 2 is 1.97 bits per heavy atom. The van der Waals surface area contributed by atoms with Gasteiger partial charge in [-0.25, -0.2) is 9.59 Å². The topological polar surface area (TPSA) is 91.9 Å². The Labute approximate surface area is 174 Å². The molecule has 1 unspecified atom stereocenters. The quantitative estimate of drug-likeness (QED) is 0.510. The van der Waals surface area contributed by atoms with Crippen molar-refractivity contribution in [2.24, 2.45) is 0 Å². The van der Waals surface area contributed by atoms with Gasteiger partial charge in [0.25, 0.3) is 0 Å². The molecule has 2 N–H and O–H groups in total. The highest BCUT2D eigenvalue weighted by Crippen LogP contribution is 2.49. The smallest absolute Gasteiger partial charge is 0.432 e. The number of methoxy groups -OCH3 is 1. The van der Waals surface area contributed by atoms with Gasteiger partial charge in [0.1, 0.15) is 17.0 Å². The standard InChI is InChI=1S/C19H20ClF3N2O5/c1-18(2,3)30-17(28)25-7-8(6-20)11-9(25)5-10(26)14-12(11)13(16(27)29-4)15(24-14)19(21,22)23/h5,8,24,26H,6-7H2,1-4H3. The summed E-state index contributed by atoms with van der Waals surface area (Å²) in [7, 11) is 0.955. The number of aromatic hydroxyl groups is 1. The summed E-state index contributed by atoms with van der Waals surface area (Å²) in [6.45, 7) is 5.01. The number of H-pyrrole nitrogens is 1. The second kappa shape index (κ2) is 7.26. The van der Waals surface area contributed by atoms with Crippen LogP contribution < -0.4 is 4.90 Å². The van der Waals surface area contributed by atoms with Crippen molar-refractivity contribution in [1.82, 2.24) is 4.98 Å². The molecular formula is C19H20ClF3N2O5. The first-order valence-corrected chi connectivity index (χ1v) is 9.47. The first-order valence-electron chi connectivity index (χ1n) is 8.93. The molecule has 1 aliphatic rings. The van der Waals surface area contributed by atoms with Crippen LogP contribution in [0.1, 0.15) is 48.3 Å². The number of carbonyl (C=O) groups excluding carboxylic acids is 2. The Balaban J connectivity index is 2.34. The molecule has 2 heterocycles. The molecule has 0 bridgehead atoms. The third-order valence-electron chi connectivity index (χ3n) is 4.65. The molecule has 2 aromatic rings. The van der Waals surface area contributed by atoms with E-state index in [-0.39, 0.29) is 34.6 Å². The Hall–Kier alpha value is -2.62. The van der Waals surface area contributed by atoms with Crippen LogP contribution in [0.15, 0.2) is 6.07 Å². The predicted molar refractivity (Wildman–Crippen MR) is 103 cm³/mol. The fourth-order valence-corrected chi connectivity index (χ4v) is 3.80. The van der Waals surface area contributed by atoms with Crippen LogP contribution in [0.4, 0.5) is 23.7 Å². The molecule has 164 valence electrons. The third-order valence-corrected chi connectivity index (χ3v) is 5.02. The lowest BCUT2D eigenvalue weighted by atomic mass is 9.95. The van der Waals surface area contributed by atoms with E-state index in [0.29, 0.717) is 0 Å². The molecule has 1 aromatic heterocycles. The molecule has 1 aliphatic heterocycles. The van der Waals surface area contributed by atoms with E-state index in [1.54, 1.807) is 20.8 Å². The maximum absolute atomic E-state index is 13.6. The number of hydrogen-bond donors (Lipinski definition) is 2. The average molecular weight is 449 g/mol. The van der Waals surface area contributed by atoms with Crippen LogP contribution in [-0.4, -0.2) is 47.3 Å². The Morgan fingerprint density at radius 1 is 1.33 bits per heavy atom. The van der Waals surface area contributed by atoms with E-state index in [0.717, 1.165) is 13.2 Å². The number of halogens is 4. The Kier molecular flexibility index (Phi) is 5.34. The molecule has 0 saturated carbocycles. The molecule has 3 rings (SSSR count). The number of nitrogens with one attached hydrogen (secondary N) is 1. The number of esters is 1. The van der Waals surface area contributed by atoms with E-state index in [9.17, 15) is 27.9 Å². The zero-order chi connectivity index (χ0) is 22.6. The molecule has 11 heteroatoms. The number of fused-ring (bicyclic) bond motifs is 3. The highest BCUT2D eigenvalue weighted by atomic mass is 35.5. The van der Waals surface area contributed by atoms with Gasteiger partial charge in [0.05, 0.1) is 23.9 Å². The van der Waals surface area contributed by atoms with E-state index in [1.807, 2.05) is 0 Å². The highest BCUT2D eigenvalue weighted by Gasteiger charge is 2.44. The summed E-state index contributed by atoms with van der Waals surface area (Å²) in [4.78, 5) is 28.3. The second-order valence-electron chi connectivity index (χ2n) is 7.89. The van der Waals surface area contributed by atoms with Crippen LogP contribution in [0.2, 0.25) is 0 Å². The number of nitrogens with zero attached hydrogens (tertiary/aromatic N) is 1. The van der Waals surface area contributed by atoms with Gasteiger partial charge in [-0.05, 0) is 26.3 Å². The van der Waals surface area contributed by atoms with Gasteiger partial charge in [-0.15, -0.1) is 11.6 Å². The maximum Gasteiger partial charge on any atom is 0.432 e. The third kappa shape index (κ3) is 3.64. The van der Waals surface area contributed by atoms with E-state index < -0.39 is 46.8 Å². The maximum atomic E-state index is 13.6. The van der Waals surface area contributed by atoms with Gasteiger partial charge in [0.15, 0.2) is 0 Å². The summed E-state index contributed by atoms with van der Waals surface area (Å²) in [6, 6.07) is 1.16. The zero-order valence-corrected chi connectivity index (χ0v) is 17.4. The van der Waals surface area contributed by atoms with Crippen molar-refractivity contribution >= 4 is 40.3 Å². The van der Waals surface area contributed by atoms with Gasteiger partial charge < -0.3 is 19.6 Å². The van der Waals surface area contributed by atoms with Gasteiger partial charge in [0, 0.05) is 29.8 Å². The lowest BCUT2D eigenvalue weighted by Crippen LogP contribution is -2.36. The molecule has 0 saturated heterocycles. The fraction of sp³-hybridized carbons (Fsp3) is 0.474. The number of phenols is 1. The summed E-state index contributed by atoms with van der Waals surface area (Å²) >= 11 is 6.05. The first-order chi connectivity index (χ1) is 13.8. The van der Waals surface area contributed by atoms with Crippen molar-refractivity contribution in [2.75, 3.05) is 24.4 Å². The number of hydrogen-bond acceptors (Lipinski definition) is 5. The van der Waals surface area contributed by atoms with Crippen molar-refractivity contribution in [2.45, 2.75) is 38.5 Å². The van der Waals surface area contributed by atoms with Crippen molar-refractivity contribution in [3.63, 3.8) is 0 Å². The van der Waals surface area contributed by atoms with E-state index in [2.05, 4.69) is 9.72 Å². The monoisotopic (exact) mass is 448 g/mol. The van der Waals surface area contributed by atoms with Crippen LogP contribution in [0, 0.1) is 0 Å². The normalized spacial score (nSPS) is 16.7. The molecule has 0 spiro atoms. The second-order valence-corrected chi connectivity index (χ2v) is 8.19. The van der Waals surface area contributed by atoms with Crippen molar-refractivity contribution < 1.29 is 37.3 Å². The number of aromatic nitrogens is 1. The van der Waals surface area contributed by atoms with Gasteiger partial charge >= 0.3 is 18.2 Å². The molecule has 0 radical (unpaired) electrons. The van der Waals surface area contributed by atoms with Crippen LogP contribution in [0.3, 0.4) is 0 Å². The zero-order valence-electron chi connectivity index (χ0n) is 16.6. The Bertz CT molecular complexity index is 1030. The summed E-state index contributed by atoms with van der Waals surface area (Å²) in [5.74, 6) is -2.43. The number of anilines is 1. The summed E-state index contributed by atoms with van der Waals surface area (Å²) < 4.78 is 50.7. The lowest BCUT2D eigenvalue weighted by molar-refractivity contribution is -0.141. The van der Waals surface area contributed by atoms with Crippen molar-refractivity contribution in [1.29, 1.82) is 0 Å². The molecular weight excluding hydrogens is 429 g/mol. The SMILES string of the molecule is COC(=O)c1c(C(F)(F)F)[nH]c2c(O)cc3c(c12)C(CCl)CN3C(=O)OC(C)(C)C. The number of carbonyl (C=O) groups is 2. The molecule has 0 aliphatic carbocycles. The molecule has 0 fully saturated rings. The van der Waals surface area contributed by atoms with Crippen molar-refractivity contribution in [3.05, 3.63) is 22.9 Å². The number of amides is 1. The number of benzene rings is 1. The first kappa shape index (κ1) is 22.1. The van der Waals surface area contributed by atoms with E-state index in [4.69, 9.17) is 16.3 Å². The number of aromatic amines is 1. The predicted octanol–water partition coefficient (Wildman–Crippen LogP) is 4.76. The highest BCUT2D eigenvalue weighted by molar-refractivity contribution is 6.19. The minimum Gasteiger partial charge on any atom is -0.506 e. The van der Waals surface area contributed by atoms with Crippen LogP contribution >= 0.6 is 11.6 Å².